The van der Waals surface area contributed by atoms with E-state index in [2.05, 4.69) is 0 Å². The molecule has 0 saturated heterocycles. The van der Waals surface area contributed by atoms with Gasteiger partial charge in [-0.15, -0.1) is 0 Å². The molecular formula is C12H27NO3. The molecule has 0 aromatic carbocycles. The minimum absolute atomic E-state index is 0.0147. The number of aliphatic hydroxyl groups excluding tert-OH is 1. The molecule has 0 bridgehead atoms. The van der Waals surface area contributed by atoms with Crippen LogP contribution in [-0.2, 0) is 0 Å². The minimum atomic E-state index is -0.850. The summed E-state index contributed by atoms with van der Waals surface area (Å²) in [7, 11) is 0. The molecule has 3 N–H and O–H groups in total. The predicted octanol–water partition coefficient (Wildman–Crippen LogP) is 0.601. The van der Waals surface area contributed by atoms with E-state index >= 15 is 0 Å². The Labute approximate surface area is 98.9 Å². The Balaban J connectivity index is 4.79. The van der Waals surface area contributed by atoms with Crippen molar-refractivity contribution in [2.75, 3.05) is 19.7 Å². The van der Waals surface area contributed by atoms with Crippen LogP contribution in [0.2, 0.25) is 0 Å². The van der Waals surface area contributed by atoms with E-state index in [1.807, 2.05) is 18.7 Å². The average Bonchev–Trinajstić information content (AvgIpc) is 1.97. The van der Waals surface area contributed by atoms with Gasteiger partial charge in [-0.2, -0.15) is 0 Å². The first-order chi connectivity index (χ1) is 6.87. The summed E-state index contributed by atoms with van der Waals surface area (Å²) in [5, 5.41) is 29.0. The third kappa shape index (κ3) is 6.43. The summed E-state index contributed by atoms with van der Waals surface area (Å²) >= 11 is 0. The van der Waals surface area contributed by atoms with Crippen molar-refractivity contribution in [3.05, 3.63) is 0 Å². The lowest BCUT2D eigenvalue weighted by atomic mass is 9.97. The molecular weight excluding hydrogens is 206 g/mol. The van der Waals surface area contributed by atoms with Gasteiger partial charge in [0.1, 0.15) is 0 Å². The van der Waals surface area contributed by atoms with Gasteiger partial charge >= 0.3 is 0 Å². The fourth-order valence-electron chi connectivity index (χ4n) is 1.52. The van der Waals surface area contributed by atoms with Crippen LogP contribution in [0.1, 0.15) is 41.5 Å². The van der Waals surface area contributed by atoms with E-state index in [1.165, 1.54) is 0 Å². The second-order valence-corrected chi connectivity index (χ2v) is 6.45. The van der Waals surface area contributed by atoms with Gasteiger partial charge in [-0.05, 0) is 41.5 Å². The quantitative estimate of drug-likeness (QED) is 0.629. The first-order valence-corrected chi connectivity index (χ1v) is 5.68. The highest BCUT2D eigenvalue weighted by atomic mass is 16.3. The van der Waals surface area contributed by atoms with Gasteiger partial charge in [0.2, 0.25) is 0 Å². The summed E-state index contributed by atoms with van der Waals surface area (Å²) in [6, 6.07) is 0. The Hall–Kier alpha value is -0.160. The Morgan fingerprint density at radius 1 is 0.812 bits per heavy atom. The maximum atomic E-state index is 9.84. The van der Waals surface area contributed by atoms with Gasteiger partial charge in [0.25, 0.3) is 0 Å². The van der Waals surface area contributed by atoms with E-state index < -0.39 is 16.7 Å². The van der Waals surface area contributed by atoms with Gasteiger partial charge in [-0.1, -0.05) is 0 Å². The fourth-order valence-corrected chi connectivity index (χ4v) is 1.52. The SMILES string of the molecule is CC(C)(O)CN(CC(C)(C)O)C(C)(C)CO. The lowest BCUT2D eigenvalue weighted by molar-refractivity contribution is -0.0586. The average molecular weight is 233 g/mol. The van der Waals surface area contributed by atoms with Crippen molar-refractivity contribution < 1.29 is 15.3 Å². The molecule has 0 unspecified atom stereocenters. The molecule has 0 heterocycles. The molecule has 0 spiro atoms. The summed E-state index contributed by atoms with van der Waals surface area (Å²) in [5.74, 6) is 0. The van der Waals surface area contributed by atoms with Crippen LogP contribution in [0, 0.1) is 0 Å². The number of nitrogens with zero attached hydrogens (tertiary/aromatic N) is 1. The van der Waals surface area contributed by atoms with Gasteiger partial charge in [0.05, 0.1) is 17.8 Å². The monoisotopic (exact) mass is 233 g/mol. The zero-order valence-electron chi connectivity index (χ0n) is 11.4. The van der Waals surface area contributed by atoms with E-state index in [0.717, 1.165) is 0 Å². The van der Waals surface area contributed by atoms with Crippen molar-refractivity contribution in [2.45, 2.75) is 58.3 Å². The summed E-state index contributed by atoms with van der Waals surface area (Å²) in [6.07, 6.45) is 0. The van der Waals surface area contributed by atoms with Gasteiger partial charge in [-0.3, -0.25) is 4.90 Å². The predicted molar refractivity (Wildman–Crippen MR) is 65.3 cm³/mol. The second-order valence-electron chi connectivity index (χ2n) is 6.45. The number of hydrogen-bond donors (Lipinski definition) is 3. The molecule has 0 amide bonds. The van der Waals surface area contributed by atoms with E-state index in [1.54, 1.807) is 27.7 Å². The minimum Gasteiger partial charge on any atom is -0.394 e. The molecule has 4 nitrogen and oxygen atoms in total. The highest BCUT2D eigenvalue weighted by Crippen LogP contribution is 2.20. The molecule has 16 heavy (non-hydrogen) atoms. The number of rotatable bonds is 6. The fraction of sp³-hybridized carbons (Fsp3) is 1.00. The number of aliphatic hydroxyl groups is 3. The number of hydrogen-bond acceptors (Lipinski definition) is 4. The lowest BCUT2D eigenvalue weighted by Crippen LogP contribution is -2.56. The first kappa shape index (κ1) is 15.8. The highest BCUT2D eigenvalue weighted by Gasteiger charge is 2.33. The van der Waals surface area contributed by atoms with E-state index in [4.69, 9.17) is 0 Å². The Morgan fingerprint density at radius 3 is 1.31 bits per heavy atom. The Bertz CT molecular complexity index is 197. The van der Waals surface area contributed by atoms with E-state index in [9.17, 15) is 15.3 Å². The van der Waals surface area contributed by atoms with Gasteiger partial charge < -0.3 is 15.3 Å². The molecule has 0 saturated carbocycles. The first-order valence-electron chi connectivity index (χ1n) is 5.68. The van der Waals surface area contributed by atoms with Gasteiger partial charge in [-0.25, -0.2) is 0 Å². The van der Waals surface area contributed by atoms with Crippen molar-refractivity contribution in [3.8, 4) is 0 Å². The van der Waals surface area contributed by atoms with Crippen LogP contribution in [0.3, 0.4) is 0 Å². The molecule has 98 valence electrons. The third-order valence-corrected chi connectivity index (χ3v) is 2.40. The smallest absolute Gasteiger partial charge is 0.0718 e. The molecule has 4 heteroatoms. The van der Waals surface area contributed by atoms with Crippen molar-refractivity contribution >= 4 is 0 Å². The molecule has 0 rings (SSSR count). The number of β-amino-alcohol motifs (C(OH)–C–C–N with tert-alkyl or cyclic N) is 2. The maximum Gasteiger partial charge on any atom is 0.0718 e. The molecule has 0 aromatic rings. The zero-order chi connectivity index (χ0) is 13.2. The van der Waals surface area contributed by atoms with Crippen LogP contribution in [0.5, 0.6) is 0 Å². The molecule has 0 aromatic heterocycles. The standard InChI is InChI=1S/C12H27NO3/c1-10(2,9-14)13(7-11(3,4)15)8-12(5,6)16/h14-16H,7-9H2,1-6H3. The van der Waals surface area contributed by atoms with Crippen LogP contribution in [0.25, 0.3) is 0 Å². The van der Waals surface area contributed by atoms with Crippen molar-refractivity contribution in [2.24, 2.45) is 0 Å². The molecule has 0 aliphatic rings. The lowest BCUT2D eigenvalue weighted by Gasteiger charge is -2.43. The van der Waals surface area contributed by atoms with E-state index in [-0.39, 0.29) is 6.61 Å². The Morgan fingerprint density at radius 2 is 1.12 bits per heavy atom. The van der Waals surface area contributed by atoms with Crippen LogP contribution in [0.15, 0.2) is 0 Å². The summed E-state index contributed by atoms with van der Waals surface area (Å²) in [6.45, 7) is 11.5. The van der Waals surface area contributed by atoms with E-state index in [0.29, 0.717) is 13.1 Å². The largest absolute Gasteiger partial charge is 0.394 e. The summed E-state index contributed by atoms with van der Waals surface area (Å²) < 4.78 is 0. The second kappa shape index (κ2) is 5.00. The van der Waals surface area contributed by atoms with Crippen LogP contribution < -0.4 is 0 Å². The van der Waals surface area contributed by atoms with Crippen LogP contribution in [-0.4, -0.2) is 56.7 Å². The van der Waals surface area contributed by atoms with Gasteiger partial charge in [0, 0.05) is 18.6 Å². The van der Waals surface area contributed by atoms with Crippen LogP contribution in [0.4, 0.5) is 0 Å². The summed E-state index contributed by atoms with van der Waals surface area (Å²) in [4.78, 5) is 1.91. The normalized spacial score (nSPS) is 14.6. The van der Waals surface area contributed by atoms with Crippen LogP contribution >= 0.6 is 0 Å². The van der Waals surface area contributed by atoms with Gasteiger partial charge in [0.15, 0.2) is 0 Å². The van der Waals surface area contributed by atoms with Crippen molar-refractivity contribution in [1.82, 2.24) is 4.90 Å². The molecule has 0 fully saturated rings. The molecule has 0 atom stereocenters. The molecule has 0 radical (unpaired) electrons. The maximum absolute atomic E-state index is 9.84. The summed E-state index contributed by atoms with van der Waals surface area (Å²) in [5.41, 5.74) is -2.16. The topological polar surface area (TPSA) is 63.9 Å². The molecule has 0 aliphatic heterocycles. The molecule has 0 aliphatic carbocycles. The Kier molecular flexibility index (Phi) is 4.95. The van der Waals surface area contributed by atoms with Crippen molar-refractivity contribution in [3.63, 3.8) is 0 Å². The zero-order valence-corrected chi connectivity index (χ0v) is 11.4. The van der Waals surface area contributed by atoms with Crippen molar-refractivity contribution in [1.29, 1.82) is 0 Å². The highest BCUT2D eigenvalue weighted by molar-refractivity contribution is 4.88. The third-order valence-electron chi connectivity index (χ3n) is 2.40.